The van der Waals surface area contributed by atoms with Gasteiger partial charge in [-0.3, -0.25) is 4.79 Å². The average molecular weight is 272 g/mol. The number of carbonyl (C=O) groups is 1. The number of amides is 1. The van der Waals surface area contributed by atoms with Crippen LogP contribution in [0.25, 0.3) is 0 Å². The Morgan fingerprint density at radius 2 is 2.00 bits per heavy atom. The molecule has 0 aliphatic rings. The number of nitrogens with zero attached hydrogens (tertiary/aromatic N) is 1. The summed E-state index contributed by atoms with van der Waals surface area (Å²) in [6.07, 6.45) is 1.65. The first-order chi connectivity index (χ1) is 9.16. The summed E-state index contributed by atoms with van der Waals surface area (Å²) in [5, 5.41) is 5.82. The van der Waals surface area contributed by atoms with E-state index in [0.717, 1.165) is 5.56 Å². The predicted molar refractivity (Wildman–Crippen MR) is 79.9 cm³/mol. The molecule has 1 amide bonds. The molecule has 0 atom stereocenters. The summed E-state index contributed by atoms with van der Waals surface area (Å²) in [6.45, 7) is 4.31. The number of hydrogen-bond donors (Lipinski definition) is 1. The zero-order valence-electron chi connectivity index (χ0n) is 11.0. The Morgan fingerprint density at radius 3 is 2.58 bits per heavy atom. The van der Waals surface area contributed by atoms with Gasteiger partial charge in [0.15, 0.2) is 0 Å². The topological polar surface area (TPSA) is 41.5 Å². The fraction of sp³-hybridized carbons (Fsp3) is 0.200. The van der Waals surface area contributed by atoms with E-state index in [9.17, 15) is 4.79 Å². The van der Waals surface area contributed by atoms with Gasteiger partial charge in [0.25, 0.3) is 5.91 Å². The fourth-order valence-corrected chi connectivity index (χ4v) is 2.21. The van der Waals surface area contributed by atoms with Crippen molar-refractivity contribution in [1.29, 1.82) is 0 Å². The third kappa shape index (κ3) is 3.76. The summed E-state index contributed by atoms with van der Waals surface area (Å²) in [4.78, 5) is 12.3. The summed E-state index contributed by atoms with van der Waals surface area (Å²) < 4.78 is 0. The third-order valence-electron chi connectivity index (χ3n) is 2.73. The van der Waals surface area contributed by atoms with Crippen molar-refractivity contribution < 1.29 is 4.79 Å². The van der Waals surface area contributed by atoms with Gasteiger partial charge in [-0.2, -0.15) is 5.10 Å². The maximum Gasteiger partial charge on any atom is 0.281 e. The quantitative estimate of drug-likeness (QED) is 0.670. The third-order valence-corrected chi connectivity index (χ3v) is 3.60. The largest absolute Gasteiger partial charge is 0.281 e. The molecule has 0 radical (unpaired) electrons. The van der Waals surface area contributed by atoms with Crippen LogP contribution >= 0.6 is 11.3 Å². The molecule has 19 heavy (non-hydrogen) atoms. The van der Waals surface area contributed by atoms with E-state index in [2.05, 4.69) is 36.5 Å². The summed E-state index contributed by atoms with van der Waals surface area (Å²) in [6, 6.07) is 11.8. The van der Waals surface area contributed by atoms with Gasteiger partial charge in [0.05, 0.1) is 11.1 Å². The van der Waals surface area contributed by atoms with E-state index in [1.54, 1.807) is 12.3 Å². The molecule has 2 aromatic rings. The lowest BCUT2D eigenvalue weighted by Gasteiger charge is -2.04. The molecular formula is C15H16N2OS. The van der Waals surface area contributed by atoms with Crippen LogP contribution in [0, 0.1) is 0 Å². The molecule has 0 fully saturated rings. The van der Waals surface area contributed by atoms with Gasteiger partial charge in [0.1, 0.15) is 0 Å². The molecular weight excluding hydrogens is 256 g/mol. The molecule has 0 aliphatic heterocycles. The first-order valence-electron chi connectivity index (χ1n) is 6.13. The van der Waals surface area contributed by atoms with E-state index < -0.39 is 0 Å². The van der Waals surface area contributed by atoms with E-state index >= 15 is 0 Å². The van der Waals surface area contributed by atoms with Crippen molar-refractivity contribution in [3.8, 4) is 0 Å². The number of carbonyl (C=O) groups excluding carboxylic acids is 1. The van der Waals surface area contributed by atoms with Crippen LogP contribution in [0.2, 0.25) is 0 Å². The monoisotopic (exact) mass is 272 g/mol. The molecule has 1 aromatic heterocycles. The number of thiophene rings is 1. The molecule has 1 N–H and O–H groups in total. The SMILES string of the molecule is CC(C)c1ccc(/C=N/NC(=O)c2cccs2)cc1. The Morgan fingerprint density at radius 1 is 1.26 bits per heavy atom. The minimum absolute atomic E-state index is 0.176. The molecule has 0 aliphatic carbocycles. The van der Waals surface area contributed by atoms with Crippen molar-refractivity contribution in [3.63, 3.8) is 0 Å². The number of benzene rings is 1. The zero-order valence-corrected chi connectivity index (χ0v) is 11.8. The second-order valence-corrected chi connectivity index (χ2v) is 5.45. The number of hydrazone groups is 1. The number of nitrogens with one attached hydrogen (secondary N) is 1. The highest BCUT2D eigenvalue weighted by Gasteiger charge is 2.03. The Hall–Kier alpha value is -1.94. The second kappa shape index (κ2) is 6.29. The van der Waals surface area contributed by atoms with Crippen molar-refractivity contribution in [2.75, 3.05) is 0 Å². The van der Waals surface area contributed by atoms with Crippen molar-refractivity contribution >= 4 is 23.5 Å². The molecule has 4 heteroatoms. The molecule has 0 saturated carbocycles. The summed E-state index contributed by atoms with van der Waals surface area (Å²) >= 11 is 1.40. The van der Waals surface area contributed by atoms with Crippen molar-refractivity contribution in [3.05, 3.63) is 57.8 Å². The van der Waals surface area contributed by atoms with Crippen LogP contribution in [0.5, 0.6) is 0 Å². The highest BCUT2D eigenvalue weighted by Crippen LogP contribution is 2.13. The number of hydrogen-bond acceptors (Lipinski definition) is 3. The highest BCUT2D eigenvalue weighted by atomic mass is 32.1. The van der Waals surface area contributed by atoms with Crippen molar-refractivity contribution in [2.45, 2.75) is 19.8 Å². The molecule has 3 nitrogen and oxygen atoms in total. The van der Waals surface area contributed by atoms with E-state index in [4.69, 9.17) is 0 Å². The van der Waals surface area contributed by atoms with E-state index in [0.29, 0.717) is 10.8 Å². The van der Waals surface area contributed by atoms with E-state index in [1.165, 1.54) is 16.9 Å². The Balaban J connectivity index is 1.94. The molecule has 0 saturated heterocycles. The van der Waals surface area contributed by atoms with Gasteiger partial charge in [-0.1, -0.05) is 44.2 Å². The van der Waals surface area contributed by atoms with Crippen LogP contribution < -0.4 is 5.43 Å². The Labute approximate surface area is 117 Å². The standard InChI is InChI=1S/C15H16N2OS/c1-11(2)13-7-5-12(6-8-13)10-16-17-15(18)14-4-3-9-19-14/h3-11H,1-2H3,(H,17,18)/b16-10+. The van der Waals surface area contributed by atoms with Gasteiger partial charge in [-0.25, -0.2) is 5.43 Å². The lowest BCUT2D eigenvalue weighted by Crippen LogP contribution is -2.16. The lowest BCUT2D eigenvalue weighted by molar-refractivity contribution is 0.0959. The average Bonchev–Trinajstić information content (AvgIpc) is 2.93. The lowest BCUT2D eigenvalue weighted by atomic mass is 10.0. The van der Waals surface area contributed by atoms with Crippen LogP contribution in [0.3, 0.4) is 0 Å². The molecule has 1 heterocycles. The van der Waals surface area contributed by atoms with Gasteiger partial charge in [0, 0.05) is 0 Å². The van der Waals surface area contributed by atoms with Crippen molar-refractivity contribution in [2.24, 2.45) is 5.10 Å². The van der Waals surface area contributed by atoms with Gasteiger partial charge in [-0.15, -0.1) is 11.3 Å². The van der Waals surface area contributed by atoms with E-state index in [-0.39, 0.29) is 5.91 Å². The molecule has 1 aromatic carbocycles. The minimum atomic E-state index is -0.176. The smallest absolute Gasteiger partial charge is 0.266 e. The normalized spacial score (nSPS) is 11.1. The molecule has 0 spiro atoms. The van der Waals surface area contributed by atoms with Crippen LogP contribution in [0.4, 0.5) is 0 Å². The molecule has 0 unspecified atom stereocenters. The molecule has 0 bridgehead atoms. The molecule has 98 valence electrons. The fourth-order valence-electron chi connectivity index (χ4n) is 1.60. The van der Waals surface area contributed by atoms with Gasteiger partial charge < -0.3 is 0 Å². The number of rotatable bonds is 4. The first-order valence-corrected chi connectivity index (χ1v) is 7.01. The first kappa shape index (κ1) is 13.5. The van der Waals surface area contributed by atoms with E-state index in [1.807, 2.05) is 23.6 Å². The Bertz CT molecular complexity index is 556. The van der Waals surface area contributed by atoms with Crippen LogP contribution in [-0.2, 0) is 0 Å². The van der Waals surface area contributed by atoms with Gasteiger partial charge in [0.2, 0.25) is 0 Å². The Kier molecular flexibility index (Phi) is 4.47. The molecule has 2 rings (SSSR count). The van der Waals surface area contributed by atoms with Gasteiger partial charge in [-0.05, 0) is 28.5 Å². The minimum Gasteiger partial charge on any atom is -0.266 e. The summed E-state index contributed by atoms with van der Waals surface area (Å²) in [5.74, 6) is 0.342. The van der Waals surface area contributed by atoms with Crippen LogP contribution in [-0.4, -0.2) is 12.1 Å². The summed E-state index contributed by atoms with van der Waals surface area (Å²) in [5.41, 5.74) is 4.77. The summed E-state index contributed by atoms with van der Waals surface area (Å²) in [7, 11) is 0. The highest BCUT2D eigenvalue weighted by molar-refractivity contribution is 7.12. The predicted octanol–water partition coefficient (Wildman–Crippen LogP) is 3.64. The maximum atomic E-state index is 11.6. The van der Waals surface area contributed by atoms with Crippen molar-refractivity contribution in [1.82, 2.24) is 5.43 Å². The van der Waals surface area contributed by atoms with Crippen LogP contribution in [0.15, 0.2) is 46.9 Å². The maximum absolute atomic E-state index is 11.6. The van der Waals surface area contributed by atoms with Crippen LogP contribution in [0.1, 0.15) is 40.6 Å². The second-order valence-electron chi connectivity index (χ2n) is 4.50. The van der Waals surface area contributed by atoms with Gasteiger partial charge >= 0.3 is 0 Å². The zero-order chi connectivity index (χ0) is 13.7.